The van der Waals surface area contributed by atoms with Gasteiger partial charge in [-0.05, 0) is 48.4 Å². The lowest BCUT2D eigenvalue weighted by molar-refractivity contribution is 0.0954. The van der Waals surface area contributed by atoms with Crippen LogP contribution in [0.15, 0.2) is 48.5 Å². The van der Waals surface area contributed by atoms with E-state index in [0.29, 0.717) is 25.3 Å². The maximum absolute atomic E-state index is 12.0. The summed E-state index contributed by atoms with van der Waals surface area (Å²) in [5.41, 5.74) is 1.67. The Labute approximate surface area is 147 Å². The summed E-state index contributed by atoms with van der Waals surface area (Å²) in [5.74, 6) is 2.21. The highest BCUT2D eigenvalue weighted by Gasteiger charge is 2.10. The number of ether oxygens (including phenoxy) is 3. The van der Waals surface area contributed by atoms with Crippen LogP contribution in [0.4, 0.5) is 0 Å². The number of nitrogens with one attached hydrogen (secondary N) is 1. The first-order valence-corrected chi connectivity index (χ1v) is 8.25. The van der Waals surface area contributed by atoms with E-state index in [0.717, 1.165) is 29.2 Å². The van der Waals surface area contributed by atoms with Gasteiger partial charge < -0.3 is 19.5 Å². The van der Waals surface area contributed by atoms with Gasteiger partial charge in [0.2, 0.25) is 0 Å². The summed E-state index contributed by atoms with van der Waals surface area (Å²) in [4.78, 5) is 12.0. The van der Waals surface area contributed by atoms with Crippen molar-refractivity contribution >= 4 is 12.0 Å². The van der Waals surface area contributed by atoms with Crippen molar-refractivity contribution in [3.05, 3.63) is 59.7 Å². The highest BCUT2D eigenvalue weighted by Crippen LogP contribution is 2.31. The molecule has 0 bridgehead atoms. The van der Waals surface area contributed by atoms with Gasteiger partial charge in [-0.15, -0.1) is 0 Å². The van der Waals surface area contributed by atoms with E-state index in [1.807, 2.05) is 30.4 Å². The Bertz CT molecular complexity index is 753. The molecule has 1 aliphatic heterocycles. The van der Waals surface area contributed by atoms with Crippen LogP contribution in [0.3, 0.4) is 0 Å². The average Bonchev–Trinajstić information content (AvgIpc) is 2.67. The number of hydrogen-bond acceptors (Lipinski definition) is 4. The highest BCUT2D eigenvalue weighted by molar-refractivity contribution is 5.94. The summed E-state index contributed by atoms with van der Waals surface area (Å²) in [6.07, 6.45) is 4.79. The SMILES string of the molecule is COc1ccc(C(=O)NCC/C=C/c2ccc3c(c2)OCCO3)cc1. The molecule has 1 N–H and O–H groups in total. The Morgan fingerprint density at radius 2 is 1.88 bits per heavy atom. The van der Waals surface area contributed by atoms with Gasteiger partial charge in [0.1, 0.15) is 19.0 Å². The van der Waals surface area contributed by atoms with E-state index in [9.17, 15) is 4.79 Å². The molecule has 0 radical (unpaired) electrons. The van der Waals surface area contributed by atoms with E-state index in [-0.39, 0.29) is 5.91 Å². The molecule has 0 saturated carbocycles. The predicted octanol–water partition coefficient (Wildman–Crippen LogP) is 3.30. The van der Waals surface area contributed by atoms with Gasteiger partial charge in [0, 0.05) is 12.1 Å². The predicted molar refractivity (Wildman–Crippen MR) is 96.4 cm³/mol. The van der Waals surface area contributed by atoms with E-state index in [1.165, 1.54) is 0 Å². The molecule has 0 atom stereocenters. The monoisotopic (exact) mass is 339 g/mol. The fraction of sp³-hybridized carbons (Fsp3) is 0.250. The second-order valence-corrected chi connectivity index (χ2v) is 5.58. The second-order valence-electron chi connectivity index (χ2n) is 5.58. The van der Waals surface area contributed by atoms with Crippen LogP contribution in [0.1, 0.15) is 22.3 Å². The lowest BCUT2D eigenvalue weighted by Crippen LogP contribution is -2.23. The highest BCUT2D eigenvalue weighted by atomic mass is 16.6. The molecule has 1 amide bonds. The van der Waals surface area contributed by atoms with E-state index in [4.69, 9.17) is 14.2 Å². The van der Waals surface area contributed by atoms with Gasteiger partial charge in [-0.25, -0.2) is 0 Å². The molecule has 0 saturated heterocycles. The molecular formula is C20H21NO4. The van der Waals surface area contributed by atoms with Crippen molar-refractivity contribution < 1.29 is 19.0 Å². The fourth-order valence-electron chi connectivity index (χ4n) is 2.50. The maximum atomic E-state index is 12.0. The summed E-state index contributed by atoms with van der Waals surface area (Å²) in [7, 11) is 1.60. The molecular weight excluding hydrogens is 318 g/mol. The lowest BCUT2D eigenvalue weighted by atomic mass is 10.1. The van der Waals surface area contributed by atoms with Gasteiger partial charge in [0.05, 0.1) is 7.11 Å². The molecule has 0 aromatic heterocycles. The number of fused-ring (bicyclic) bond motifs is 1. The minimum atomic E-state index is -0.0876. The third kappa shape index (κ3) is 4.53. The van der Waals surface area contributed by atoms with Crippen LogP contribution >= 0.6 is 0 Å². The van der Waals surface area contributed by atoms with E-state index in [2.05, 4.69) is 5.32 Å². The lowest BCUT2D eigenvalue weighted by Gasteiger charge is -2.18. The third-order valence-electron chi connectivity index (χ3n) is 3.83. The van der Waals surface area contributed by atoms with Gasteiger partial charge in [-0.1, -0.05) is 18.2 Å². The number of benzene rings is 2. The number of methoxy groups -OCH3 is 1. The summed E-state index contributed by atoms with van der Waals surface area (Å²) >= 11 is 0. The van der Waals surface area contributed by atoms with E-state index < -0.39 is 0 Å². The molecule has 5 nitrogen and oxygen atoms in total. The zero-order valence-corrected chi connectivity index (χ0v) is 14.2. The van der Waals surface area contributed by atoms with Crippen molar-refractivity contribution in [3.63, 3.8) is 0 Å². The first-order chi connectivity index (χ1) is 12.3. The maximum Gasteiger partial charge on any atom is 0.251 e. The Balaban J connectivity index is 1.46. The summed E-state index contributed by atoms with van der Waals surface area (Å²) in [5, 5.41) is 2.90. The van der Waals surface area contributed by atoms with Crippen LogP contribution in [0.5, 0.6) is 17.2 Å². The Morgan fingerprint density at radius 3 is 2.64 bits per heavy atom. The van der Waals surface area contributed by atoms with Gasteiger partial charge in [-0.3, -0.25) is 4.79 Å². The number of amides is 1. The van der Waals surface area contributed by atoms with Crippen LogP contribution in [0.2, 0.25) is 0 Å². The van der Waals surface area contributed by atoms with Crippen molar-refractivity contribution in [3.8, 4) is 17.2 Å². The molecule has 5 heteroatoms. The van der Waals surface area contributed by atoms with Gasteiger partial charge >= 0.3 is 0 Å². The van der Waals surface area contributed by atoms with Gasteiger partial charge in [0.15, 0.2) is 11.5 Å². The molecule has 1 aliphatic rings. The zero-order valence-electron chi connectivity index (χ0n) is 14.2. The molecule has 2 aromatic carbocycles. The first kappa shape index (κ1) is 16.9. The van der Waals surface area contributed by atoms with Crippen molar-refractivity contribution in [2.45, 2.75) is 6.42 Å². The van der Waals surface area contributed by atoms with Gasteiger partial charge in [0.25, 0.3) is 5.91 Å². The summed E-state index contributed by atoms with van der Waals surface area (Å²) in [6.45, 7) is 1.75. The van der Waals surface area contributed by atoms with Crippen LogP contribution in [0, 0.1) is 0 Å². The Morgan fingerprint density at radius 1 is 1.12 bits per heavy atom. The molecule has 3 rings (SSSR count). The topological polar surface area (TPSA) is 56.8 Å². The smallest absolute Gasteiger partial charge is 0.251 e. The van der Waals surface area contributed by atoms with Gasteiger partial charge in [-0.2, -0.15) is 0 Å². The van der Waals surface area contributed by atoms with Crippen molar-refractivity contribution in [2.75, 3.05) is 26.9 Å². The molecule has 1 heterocycles. The average molecular weight is 339 g/mol. The van der Waals surface area contributed by atoms with Crippen molar-refractivity contribution in [2.24, 2.45) is 0 Å². The van der Waals surface area contributed by atoms with Crippen molar-refractivity contribution in [1.29, 1.82) is 0 Å². The Hall–Kier alpha value is -2.95. The quantitative estimate of drug-likeness (QED) is 0.821. The molecule has 25 heavy (non-hydrogen) atoms. The van der Waals surface area contributed by atoms with E-state index in [1.54, 1.807) is 31.4 Å². The molecule has 0 aliphatic carbocycles. The van der Waals surface area contributed by atoms with Crippen LogP contribution in [-0.2, 0) is 0 Å². The minimum absolute atomic E-state index is 0.0876. The second kappa shape index (κ2) is 8.24. The normalized spacial score (nSPS) is 12.8. The van der Waals surface area contributed by atoms with E-state index >= 15 is 0 Å². The summed E-state index contributed by atoms with van der Waals surface area (Å²) in [6, 6.07) is 12.9. The van der Waals surface area contributed by atoms with Crippen molar-refractivity contribution in [1.82, 2.24) is 5.32 Å². The first-order valence-electron chi connectivity index (χ1n) is 8.25. The summed E-state index contributed by atoms with van der Waals surface area (Å²) < 4.78 is 16.1. The molecule has 0 spiro atoms. The number of carbonyl (C=O) groups excluding carboxylic acids is 1. The Kier molecular flexibility index (Phi) is 5.57. The molecule has 0 fully saturated rings. The number of hydrogen-bond donors (Lipinski definition) is 1. The fourth-order valence-corrected chi connectivity index (χ4v) is 2.50. The zero-order chi connectivity index (χ0) is 17.5. The third-order valence-corrected chi connectivity index (χ3v) is 3.83. The number of rotatable bonds is 6. The molecule has 130 valence electrons. The van der Waals surface area contributed by atoms with Crippen LogP contribution < -0.4 is 19.5 Å². The van der Waals surface area contributed by atoms with Crippen LogP contribution in [0.25, 0.3) is 6.08 Å². The minimum Gasteiger partial charge on any atom is -0.497 e. The standard InChI is InChI=1S/C20H21NO4/c1-23-17-8-6-16(7-9-17)20(22)21-11-3-2-4-15-5-10-18-19(14-15)25-13-12-24-18/h2,4-10,14H,3,11-13H2,1H3,(H,21,22)/b4-2+. The van der Waals surface area contributed by atoms with Crippen LogP contribution in [-0.4, -0.2) is 32.8 Å². The molecule has 0 unspecified atom stereocenters. The largest absolute Gasteiger partial charge is 0.497 e. The number of carbonyl (C=O) groups is 1. The molecule has 2 aromatic rings.